The van der Waals surface area contributed by atoms with Crippen molar-refractivity contribution in [2.24, 2.45) is 22.9 Å². The predicted molar refractivity (Wildman–Crippen MR) is 261 cm³/mol. The molecule has 6 amide bonds. The van der Waals surface area contributed by atoms with Gasteiger partial charge in [0, 0.05) is 49.3 Å². The number of hydrogen-bond acceptors (Lipinski definition) is 14. The van der Waals surface area contributed by atoms with Crippen LogP contribution in [0.4, 0.5) is 0 Å². The molecule has 2 heterocycles. The van der Waals surface area contributed by atoms with Gasteiger partial charge >= 0.3 is 0 Å². The molecular formula is C50H63N11O9. The molecule has 1 aliphatic heterocycles. The minimum absolute atomic E-state index is 0.0168. The predicted octanol–water partition coefficient (Wildman–Crippen LogP) is 1.39. The van der Waals surface area contributed by atoms with Crippen LogP contribution in [-0.4, -0.2) is 116 Å². The van der Waals surface area contributed by atoms with E-state index in [-0.39, 0.29) is 80.2 Å². The van der Waals surface area contributed by atoms with Crippen LogP contribution < -0.4 is 58.4 Å². The third kappa shape index (κ3) is 13.3. The Morgan fingerprint density at radius 3 is 2.11 bits per heavy atom. The maximum atomic E-state index is 14.9. The van der Waals surface area contributed by atoms with Crippen molar-refractivity contribution in [3.05, 3.63) is 94.7 Å². The van der Waals surface area contributed by atoms with Crippen molar-refractivity contribution in [1.82, 2.24) is 31.2 Å². The number of nitrogens with zero attached hydrogens (tertiary/aromatic N) is 3. The first kappa shape index (κ1) is 53.4. The quantitative estimate of drug-likeness (QED) is 0.0654. The number of hydrogen-bond donors (Lipinski definition) is 8. The van der Waals surface area contributed by atoms with Crippen LogP contribution in [0.3, 0.4) is 0 Å². The van der Waals surface area contributed by atoms with E-state index in [0.717, 1.165) is 10.5 Å². The fourth-order valence-electron chi connectivity index (χ4n) is 7.83. The fourth-order valence-corrected chi connectivity index (χ4v) is 7.83. The van der Waals surface area contributed by atoms with Crippen molar-refractivity contribution in [2.45, 2.75) is 77.0 Å². The SMILES string of the molecule is Cc1nc(-c2ccc(C(C)(C)C)cc2)cc(OCC(N)=O)c1C(=O)NC(CCN)C(=O)N(C)C1C(=O)NC(C)C(=O)NC(C(=O)NCC#N)Cc2ccc(OCCN)c(c2)-c2cc1ccc2OCCN. The first-order chi connectivity index (χ1) is 33.3. The first-order valence-corrected chi connectivity index (χ1v) is 22.8. The summed E-state index contributed by atoms with van der Waals surface area (Å²) in [4.78, 5) is 88.9. The summed E-state index contributed by atoms with van der Waals surface area (Å²) in [6.45, 7) is 8.88. The van der Waals surface area contributed by atoms with Crippen molar-refractivity contribution in [1.29, 1.82) is 5.26 Å². The number of primary amides is 1. The topological polar surface area (TPSA) is 322 Å². The largest absolute Gasteiger partial charge is 0.492 e. The summed E-state index contributed by atoms with van der Waals surface area (Å²) in [6.07, 6.45) is -0.115. The van der Waals surface area contributed by atoms with Crippen LogP contribution in [0.2, 0.25) is 0 Å². The molecule has 20 heteroatoms. The molecule has 0 spiro atoms. The van der Waals surface area contributed by atoms with Crippen molar-refractivity contribution in [3.8, 4) is 45.7 Å². The Morgan fingerprint density at radius 2 is 1.51 bits per heavy atom. The van der Waals surface area contributed by atoms with Gasteiger partial charge in [0.25, 0.3) is 11.8 Å². The van der Waals surface area contributed by atoms with Gasteiger partial charge in [0.15, 0.2) is 6.61 Å². The van der Waals surface area contributed by atoms with Crippen LogP contribution in [0.5, 0.6) is 17.2 Å². The number of fused-ring (bicyclic) bond motifs is 5. The van der Waals surface area contributed by atoms with Crippen LogP contribution in [0.25, 0.3) is 22.4 Å². The number of amides is 6. The highest BCUT2D eigenvalue weighted by Gasteiger charge is 2.37. The number of benzene rings is 3. The number of nitriles is 1. The molecule has 0 saturated carbocycles. The van der Waals surface area contributed by atoms with Gasteiger partial charge in [-0.2, -0.15) is 5.26 Å². The van der Waals surface area contributed by atoms with Gasteiger partial charge in [0.05, 0.1) is 17.5 Å². The summed E-state index contributed by atoms with van der Waals surface area (Å²) in [5.41, 5.74) is 27.2. The van der Waals surface area contributed by atoms with Gasteiger partial charge in [-0.05, 0) is 73.2 Å². The van der Waals surface area contributed by atoms with Gasteiger partial charge in [0.1, 0.15) is 66.7 Å². The maximum Gasteiger partial charge on any atom is 0.257 e. The van der Waals surface area contributed by atoms with E-state index in [9.17, 15) is 34.0 Å². The molecule has 4 aromatic rings. The molecular weight excluding hydrogens is 899 g/mol. The number of likely N-dealkylation sites (N-methyl/N-ethyl adjacent to an activating group) is 1. The Balaban J connectivity index is 1.60. The zero-order chi connectivity index (χ0) is 51.3. The van der Waals surface area contributed by atoms with Crippen LogP contribution in [0.1, 0.15) is 72.9 Å². The summed E-state index contributed by atoms with van der Waals surface area (Å²) < 4.78 is 18.0. The van der Waals surface area contributed by atoms with Gasteiger partial charge in [-0.1, -0.05) is 57.2 Å². The van der Waals surface area contributed by atoms with Crippen LogP contribution >= 0.6 is 0 Å². The lowest BCUT2D eigenvalue weighted by Gasteiger charge is -2.32. The summed E-state index contributed by atoms with van der Waals surface area (Å²) in [6, 6.07) is 15.8. The Bertz CT molecular complexity index is 2610. The number of pyridine rings is 1. The van der Waals surface area contributed by atoms with Crippen LogP contribution in [0.15, 0.2) is 66.7 Å². The lowest BCUT2D eigenvalue weighted by molar-refractivity contribution is -0.141. The number of rotatable bonds is 18. The van der Waals surface area contributed by atoms with E-state index in [1.165, 1.54) is 20.0 Å². The van der Waals surface area contributed by atoms with Crippen molar-refractivity contribution >= 4 is 35.4 Å². The number of nitrogens with one attached hydrogen (secondary N) is 4. The van der Waals surface area contributed by atoms with E-state index >= 15 is 0 Å². The zero-order valence-corrected chi connectivity index (χ0v) is 40.3. The monoisotopic (exact) mass is 961 g/mol. The standard InChI is InChI=1S/C50H63N11O9/c1-28-43(41(70-27-42(55)62)26-37(57-28)31-8-11-33(12-9-31)50(3,4)5)47(65)59-36(15-16-51)49(67)61(6)44-32-10-14-40(69-22-19-54)35(25-32)34-23-30(7-13-39(34)68-21-18-53)24-38(46(64)56-20-17-52)60-45(63)29(2)58-48(44)66/h7-14,23,25-26,29,36,38,44H,15-16,18-22,24,27,51,53-54H2,1-6H3,(H2,55,62)(H,56,64)(H,58,66)(H,59,65)(H,60,63). The lowest BCUT2D eigenvalue weighted by Crippen LogP contribution is -2.56. The average Bonchev–Trinajstić information content (AvgIpc) is 3.32. The zero-order valence-electron chi connectivity index (χ0n) is 40.3. The number of aryl methyl sites for hydroxylation is 1. The van der Waals surface area contributed by atoms with Gasteiger partial charge < -0.3 is 63.3 Å². The molecule has 4 bridgehead atoms. The smallest absolute Gasteiger partial charge is 0.257 e. The highest BCUT2D eigenvalue weighted by atomic mass is 16.5. The highest BCUT2D eigenvalue weighted by Crippen LogP contribution is 2.40. The molecule has 0 aliphatic carbocycles. The maximum absolute atomic E-state index is 14.9. The number of carbonyl (C=O) groups excluding carboxylic acids is 6. The molecule has 3 aromatic carbocycles. The molecule has 1 aromatic heterocycles. The molecule has 0 saturated heterocycles. The first-order valence-electron chi connectivity index (χ1n) is 22.8. The molecule has 12 N–H and O–H groups in total. The Labute approximate surface area is 407 Å². The van der Waals surface area contributed by atoms with Gasteiger partial charge in [-0.25, -0.2) is 0 Å². The second-order valence-corrected chi connectivity index (χ2v) is 17.7. The molecule has 4 atom stereocenters. The number of ether oxygens (including phenoxy) is 3. The summed E-state index contributed by atoms with van der Waals surface area (Å²) in [7, 11) is 1.37. The third-order valence-corrected chi connectivity index (χ3v) is 11.4. The molecule has 1 aliphatic rings. The number of nitrogens with two attached hydrogens (primary N) is 4. The highest BCUT2D eigenvalue weighted by molar-refractivity contribution is 6.02. The summed E-state index contributed by atoms with van der Waals surface area (Å²) in [5, 5.41) is 19.8. The van der Waals surface area contributed by atoms with E-state index in [2.05, 4.69) is 42.0 Å². The molecule has 20 nitrogen and oxygen atoms in total. The minimum Gasteiger partial charge on any atom is -0.492 e. The van der Waals surface area contributed by atoms with Gasteiger partial charge in [0.2, 0.25) is 23.6 Å². The van der Waals surface area contributed by atoms with Crippen LogP contribution in [0, 0.1) is 18.3 Å². The molecule has 0 fully saturated rings. The Kier molecular flexibility index (Phi) is 18.4. The van der Waals surface area contributed by atoms with Crippen molar-refractivity contribution < 1.29 is 43.0 Å². The Morgan fingerprint density at radius 1 is 0.871 bits per heavy atom. The van der Waals surface area contributed by atoms with Crippen molar-refractivity contribution in [2.75, 3.05) is 53.0 Å². The summed E-state index contributed by atoms with van der Waals surface area (Å²) >= 11 is 0. The van der Waals surface area contributed by atoms with Gasteiger partial charge in [-0.15, -0.1) is 0 Å². The fraction of sp³-hybridized carbons (Fsp3) is 0.400. The van der Waals surface area contributed by atoms with E-state index in [1.54, 1.807) is 43.3 Å². The number of carbonyl (C=O) groups is 6. The average molecular weight is 962 g/mol. The summed E-state index contributed by atoms with van der Waals surface area (Å²) in [5.74, 6) is -3.82. The normalized spacial score (nSPS) is 16.3. The van der Waals surface area contributed by atoms with Crippen LogP contribution in [-0.2, 0) is 35.8 Å². The Hall–Kier alpha value is -7.60. The third-order valence-electron chi connectivity index (χ3n) is 11.4. The number of aromatic nitrogens is 1. The minimum atomic E-state index is -1.47. The van der Waals surface area contributed by atoms with E-state index < -0.39 is 66.2 Å². The van der Waals surface area contributed by atoms with Crippen molar-refractivity contribution in [3.63, 3.8) is 0 Å². The van der Waals surface area contributed by atoms with E-state index in [4.69, 9.17) is 42.1 Å². The lowest BCUT2D eigenvalue weighted by atomic mass is 9.86. The van der Waals surface area contributed by atoms with E-state index in [1.807, 2.05) is 30.3 Å². The molecule has 70 heavy (non-hydrogen) atoms. The molecule has 5 rings (SSSR count). The second kappa shape index (κ2) is 24.1. The molecule has 4 unspecified atom stereocenters. The second-order valence-electron chi connectivity index (χ2n) is 17.7. The molecule has 0 radical (unpaired) electrons. The molecule has 372 valence electrons. The van der Waals surface area contributed by atoms with E-state index in [0.29, 0.717) is 39.4 Å². The van der Waals surface area contributed by atoms with Gasteiger partial charge in [-0.3, -0.25) is 33.8 Å².